The van der Waals surface area contributed by atoms with Gasteiger partial charge in [0, 0.05) is 6.54 Å². The van der Waals surface area contributed by atoms with E-state index in [0.717, 1.165) is 30.5 Å². The van der Waals surface area contributed by atoms with E-state index in [-0.39, 0.29) is 6.10 Å². The van der Waals surface area contributed by atoms with Gasteiger partial charge in [0.25, 0.3) is 0 Å². The Morgan fingerprint density at radius 2 is 2.20 bits per heavy atom. The first-order valence-electron chi connectivity index (χ1n) is 7.31. The third-order valence-electron chi connectivity index (χ3n) is 3.38. The van der Waals surface area contributed by atoms with E-state index in [9.17, 15) is 0 Å². The minimum absolute atomic E-state index is 0.160. The Bertz CT molecular complexity index is 417. The van der Waals surface area contributed by atoms with Crippen LogP contribution in [0.5, 0.6) is 11.5 Å². The van der Waals surface area contributed by atoms with Gasteiger partial charge in [-0.3, -0.25) is 0 Å². The van der Waals surface area contributed by atoms with Crippen molar-refractivity contribution in [3.63, 3.8) is 0 Å². The van der Waals surface area contributed by atoms with Crippen LogP contribution in [0.15, 0.2) is 18.2 Å². The summed E-state index contributed by atoms with van der Waals surface area (Å²) < 4.78 is 11.1. The minimum Gasteiger partial charge on any atom is -0.493 e. The predicted molar refractivity (Wildman–Crippen MR) is 85.9 cm³/mol. The third-order valence-corrected chi connectivity index (χ3v) is 4.61. The first kappa shape index (κ1) is 15.5. The Balaban J connectivity index is 1.87. The Kier molecular flexibility index (Phi) is 6.05. The molecule has 0 radical (unpaired) electrons. The molecule has 0 aliphatic carbocycles. The fraction of sp³-hybridized carbons (Fsp3) is 0.625. The summed E-state index contributed by atoms with van der Waals surface area (Å²) in [4.78, 5) is 0. The molecule has 0 saturated carbocycles. The highest BCUT2D eigenvalue weighted by Gasteiger charge is 2.14. The molecule has 20 heavy (non-hydrogen) atoms. The minimum atomic E-state index is 0.160. The van der Waals surface area contributed by atoms with Crippen LogP contribution < -0.4 is 14.8 Å². The quantitative estimate of drug-likeness (QED) is 0.836. The lowest BCUT2D eigenvalue weighted by Crippen LogP contribution is -2.22. The van der Waals surface area contributed by atoms with Crippen molar-refractivity contribution in [3.05, 3.63) is 23.8 Å². The van der Waals surface area contributed by atoms with E-state index < -0.39 is 0 Å². The van der Waals surface area contributed by atoms with Crippen molar-refractivity contribution in [1.29, 1.82) is 0 Å². The fourth-order valence-electron chi connectivity index (χ4n) is 2.34. The standard InChI is InChI=1S/C16H25NO2S/c1-12(2)19-15-5-4-13(8-16(15)18-3)9-17-10-14-6-7-20-11-14/h4-5,8,12,14,17H,6-7,9-11H2,1-3H3. The van der Waals surface area contributed by atoms with E-state index in [1.54, 1.807) is 7.11 Å². The lowest BCUT2D eigenvalue weighted by atomic mass is 10.1. The fourth-order valence-corrected chi connectivity index (χ4v) is 3.62. The number of ether oxygens (including phenoxy) is 2. The SMILES string of the molecule is COc1cc(CNCC2CCSC2)ccc1OC(C)C. The number of hydrogen-bond donors (Lipinski definition) is 1. The van der Waals surface area contributed by atoms with E-state index in [0.29, 0.717) is 0 Å². The van der Waals surface area contributed by atoms with Gasteiger partial charge in [-0.25, -0.2) is 0 Å². The molecule has 1 unspecified atom stereocenters. The third kappa shape index (κ3) is 4.60. The van der Waals surface area contributed by atoms with Crippen LogP contribution in [-0.2, 0) is 6.54 Å². The molecule has 0 spiro atoms. The molecular formula is C16H25NO2S. The maximum atomic E-state index is 5.73. The van der Waals surface area contributed by atoms with Gasteiger partial charge in [0.2, 0.25) is 0 Å². The zero-order chi connectivity index (χ0) is 14.4. The summed E-state index contributed by atoms with van der Waals surface area (Å²) >= 11 is 2.07. The van der Waals surface area contributed by atoms with Crippen LogP contribution >= 0.6 is 11.8 Å². The summed E-state index contributed by atoms with van der Waals surface area (Å²) in [5, 5.41) is 3.55. The van der Waals surface area contributed by atoms with Crippen molar-refractivity contribution >= 4 is 11.8 Å². The van der Waals surface area contributed by atoms with Gasteiger partial charge < -0.3 is 14.8 Å². The van der Waals surface area contributed by atoms with E-state index in [4.69, 9.17) is 9.47 Å². The lowest BCUT2D eigenvalue weighted by molar-refractivity contribution is 0.230. The molecule has 1 N–H and O–H groups in total. The van der Waals surface area contributed by atoms with E-state index in [1.165, 1.54) is 23.5 Å². The second kappa shape index (κ2) is 7.79. The van der Waals surface area contributed by atoms with Crippen molar-refractivity contribution in [1.82, 2.24) is 5.32 Å². The zero-order valence-electron chi connectivity index (χ0n) is 12.6. The van der Waals surface area contributed by atoms with Gasteiger partial charge in [0.05, 0.1) is 13.2 Å². The van der Waals surface area contributed by atoms with Crippen molar-refractivity contribution in [2.24, 2.45) is 5.92 Å². The molecule has 0 aromatic heterocycles. The second-order valence-corrected chi connectivity index (χ2v) is 6.66. The van der Waals surface area contributed by atoms with Gasteiger partial charge in [-0.15, -0.1) is 0 Å². The molecule has 1 aromatic rings. The number of benzene rings is 1. The van der Waals surface area contributed by atoms with Crippen molar-refractivity contribution < 1.29 is 9.47 Å². The molecule has 1 aliphatic heterocycles. The van der Waals surface area contributed by atoms with Crippen molar-refractivity contribution in [2.45, 2.75) is 32.9 Å². The molecule has 4 heteroatoms. The van der Waals surface area contributed by atoms with Gasteiger partial charge in [0.1, 0.15) is 0 Å². The largest absolute Gasteiger partial charge is 0.493 e. The summed E-state index contributed by atoms with van der Waals surface area (Å²) in [6.07, 6.45) is 1.51. The molecule has 1 saturated heterocycles. The number of rotatable bonds is 7. The Morgan fingerprint density at radius 1 is 1.35 bits per heavy atom. The van der Waals surface area contributed by atoms with Crippen LogP contribution in [0.1, 0.15) is 25.8 Å². The highest BCUT2D eigenvalue weighted by molar-refractivity contribution is 7.99. The van der Waals surface area contributed by atoms with Crippen LogP contribution in [0.2, 0.25) is 0 Å². The number of thioether (sulfide) groups is 1. The second-order valence-electron chi connectivity index (χ2n) is 5.51. The smallest absolute Gasteiger partial charge is 0.161 e. The molecule has 1 atom stereocenters. The lowest BCUT2D eigenvalue weighted by Gasteiger charge is -2.15. The first-order chi connectivity index (χ1) is 9.69. The number of nitrogens with one attached hydrogen (secondary N) is 1. The van der Waals surface area contributed by atoms with Gasteiger partial charge in [0.15, 0.2) is 11.5 Å². The molecule has 0 amide bonds. The summed E-state index contributed by atoms with van der Waals surface area (Å²) in [6.45, 7) is 6.04. The molecule has 3 nitrogen and oxygen atoms in total. The monoisotopic (exact) mass is 295 g/mol. The average molecular weight is 295 g/mol. The van der Waals surface area contributed by atoms with Gasteiger partial charge in [-0.2, -0.15) is 11.8 Å². The van der Waals surface area contributed by atoms with E-state index in [2.05, 4.69) is 29.2 Å². The average Bonchev–Trinajstić information content (AvgIpc) is 2.93. The summed E-state index contributed by atoms with van der Waals surface area (Å²) in [5.74, 6) is 5.09. The van der Waals surface area contributed by atoms with Crippen molar-refractivity contribution in [3.8, 4) is 11.5 Å². The highest BCUT2D eigenvalue weighted by Crippen LogP contribution is 2.29. The van der Waals surface area contributed by atoms with Crippen LogP contribution in [0.4, 0.5) is 0 Å². The summed E-state index contributed by atoms with van der Waals surface area (Å²) in [6, 6.07) is 6.17. The Hall–Kier alpha value is -0.870. The molecule has 1 aliphatic rings. The maximum Gasteiger partial charge on any atom is 0.161 e. The maximum absolute atomic E-state index is 5.73. The normalized spacial score (nSPS) is 18.5. The molecule has 2 rings (SSSR count). The highest BCUT2D eigenvalue weighted by atomic mass is 32.2. The molecule has 1 fully saturated rings. The molecule has 112 valence electrons. The molecule has 0 bridgehead atoms. The van der Waals surface area contributed by atoms with Crippen LogP contribution in [-0.4, -0.2) is 31.3 Å². The van der Waals surface area contributed by atoms with Gasteiger partial charge in [-0.1, -0.05) is 6.07 Å². The number of hydrogen-bond acceptors (Lipinski definition) is 4. The molecule has 1 heterocycles. The van der Waals surface area contributed by atoms with E-state index in [1.807, 2.05) is 19.9 Å². The van der Waals surface area contributed by atoms with Crippen LogP contribution in [0.25, 0.3) is 0 Å². The predicted octanol–water partition coefficient (Wildman–Crippen LogP) is 3.33. The molecular weight excluding hydrogens is 270 g/mol. The van der Waals surface area contributed by atoms with E-state index >= 15 is 0 Å². The topological polar surface area (TPSA) is 30.5 Å². The van der Waals surface area contributed by atoms with Crippen molar-refractivity contribution in [2.75, 3.05) is 25.2 Å². The summed E-state index contributed by atoms with van der Waals surface area (Å²) in [5.41, 5.74) is 1.24. The zero-order valence-corrected chi connectivity index (χ0v) is 13.5. The number of methoxy groups -OCH3 is 1. The molecule has 1 aromatic carbocycles. The Labute approximate surface area is 126 Å². The van der Waals surface area contributed by atoms with Crippen LogP contribution in [0, 0.1) is 5.92 Å². The van der Waals surface area contributed by atoms with Gasteiger partial charge in [-0.05, 0) is 61.9 Å². The van der Waals surface area contributed by atoms with Gasteiger partial charge >= 0.3 is 0 Å². The Morgan fingerprint density at radius 3 is 2.85 bits per heavy atom. The summed E-state index contributed by atoms with van der Waals surface area (Å²) in [7, 11) is 1.69. The van der Waals surface area contributed by atoms with Crippen LogP contribution in [0.3, 0.4) is 0 Å². The first-order valence-corrected chi connectivity index (χ1v) is 8.46.